The van der Waals surface area contributed by atoms with Crippen LogP contribution in [0.1, 0.15) is 12.7 Å². The molecule has 0 amide bonds. The van der Waals surface area contributed by atoms with Crippen LogP contribution in [0.25, 0.3) is 0 Å². The number of nitrogens with one attached hydrogen (secondary N) is 2. The SMILES string of the molecule is CCNc1cc(Sc2nccc(=O)[nH]2)nc(C(F)(F)F)n1. The van der Waals surface area contributed by atoms with E-state index in [4.69, 9.17) is 0 Å². The van der Waals surface area contributed by atoms with Crippen LogP contribution in [-0.2, 0) is 6.18 Å². The lowest BCUT2D eigenvalue weighted by Gasteiger charge is -2.10. The quantitative estimate of drug-likeness (QED) is 0.664. The molecule has 0 aliphatic heterocycles. The van der Waals surface area contributed by atoms with Crippen molar-refractivity contribution in [2.75, 3.05) is 11.9 Å². The second-order valence-corrected chi connectivity index (χ2v) is 4.79. The molecule has 0 aromatic carbocycles. The molecule has 0 aliphatic carbocycles. The Hall–Kier alpha value is -2.10. The molecule has 0 radical (unpaired) electrons. The van der Waals surface area contributed by atoms with E-state index in [9.17, 15) is 18.0 Å². The average Bonchev–Trinajstić information content (AvgIpc) is 2.37. The van der Waals surface area contributed by atoms with Crippen molar-refractivity contribution < 1.29 is 13.2 Å². The summed E-state index contributed by atoms with van der Waals surface area (Å²) in [7, 11) is 0. The molecule has 0 unspecified atom stereocenters. The first-order chi connectivity index (χ1) is 9.88. The summed E-state index contributed by atoms with van der Waals surface area (Å²) in [5.74, 6) is -1.19. The van der Waals surface area contributed by atoms with Gasteiger partial charge in [-0.1, -0.05) is 0 Å². The largest absolute Gasteiger partial charge is 0.451 e. The van der Waals surface area contributed by atoms with Crippen molar-refractivity contribution in [3.63, 3.8) is 0 Å². The summed E-state index contributed by atoms with van der Waals surface area (Å²) in [4.78, 5) is 24.2. The molecule has 0 saturated heterocycles. The van der Waals surface area contributed by atoms with Crippen LogP contribution in [0.3, 0.4) is 0 Å². The lowest BCUT2D eigenvalue weighted by molar-refractivity contribution is -0.145. The van der Waals surface area contributed by atoms with E-state index in [1.54, 1.807) is 6.92 Å². The van der Waals surface area contributed by atoms with Gasteiger partial charge in [0.05, 0.1) is 0 Å². The molecule has 0 fully saturated rings. The molecule has 0 saturated carbocycles. The zero-order valence-corrected chi connectivity index (χ0v) is 11.5. The molecule has 0 atom stereocenters. The molecular weight excluding hydrogens is 307 g/mol. The normalized spacial score (nSPS) is 11.4. The van der Waals surface area contributed by atoms with Crippen LogP contribution < -0.4 is 10.9 Å². The molecule has 2 heterocycles. The van der Waals surface area contributed by atoms with E-state index < -0.39 is 17.6 Å². The lowest BCUT2D eigenvalue weighted by atomic mass is 10.5. The second-order valence-electron chi connectivity index (χ2n) is 3.78. The highest BCUT2D eigenvalue weighted by Gasteiger charge is 2.35. The zero-order chi connectivity index (χ0) is 15.5. The maximum atomic E-state index is 12.8. The highest BCUT2D eigenvalue weighted by atomic mass is 32.2. The first kappa shape index (κ1) is 15.3. The summed E-state index contributed by atoms with van der Waals surface area (Å²) in [6, 6.07) is 2.56. The molecule has 2 rings (SSSR count). The Morgan fingerprint density at radius 1 is 1.38 bits per heavy atom. The molecule has 2 N–H and O–H groups in total. The Balaban J connectivity index is 2.38. The number of aromatic nitrogens is 4. The van der Waals surface area contributed by atoms with Crippen LogP contribution >= 0.6 is 11.8 Å². The third kappa shape index (κ3) is 4.18. The number of nitrogens with zero attached hydrogens (tertiary/aromatic N) is 3. The smallest absolute Gasteiger partial charge is 0.370 e. The van der Waals surface area contributed by atoms with Crippen molar-refractivity contribution in [3.05, 3.63) is 34.5 Å². The minimum absolute atomic E-state index is 0.0302. The number of rotatable bonds is 4. The first-order valence-corrected chi connectivity index (χ1v) is 6.63. The van der Waals surface area contributed by atoms with Gasteiger partial charge in [-0.3, -0.25) is 4.79 Å². The molecule has 0 bridgehead atoms. The van der Waals surface area contributed by atoms with Gasteiger partial charge >= 0.3 is 6.18 Å². The number of H-pyrrole nitrogens is 1. The number of halogens is 3. The van der Waals surface area contributed by atoms with Crippen molar-refractivity contribution in [3.8, 4) is 0 Å². The van der Waals surface area contributed by atoms with Crippen LogP contribution in [0.4, 0.5) is 19.0 Å². The van der Waals surface area contributed by atoms with Gasteiger partial charge in [0.1, 0.15) is 10.8 Å². The van der Waals surface area contributed by atoms with E-state index >= 15 is 0 Å². The summed E-state index contributed by atoms with van der Waals surface area (Å²) in [5.41, 5.74) is -0.399. The number of alkyl halides is 3. The van der Waals surface area contributed by atoms with Crippen LogP contribution in [-0.4, -0.2) is 26.5 Å². The van der Waals surface area contributed by atoms with Crippen LogP contribution in [0.15, 0.2) is 33.3 Å². The summed E-state index contributed by atoms with van der Waals surface area (Å²) in [5, 5.41) is 2.88. The monoisotopic (exact) mass is 317 g/mol. The van der Waals surface area contributed by atoms with E-state index in [0.29, 0.717) is 6.54 Å². The van der Waals surface area contributed by atoms with E-state index in [2.05, 4.69) is 25.3 Å². The number of hydrogen-bond acceptors (Lipinski definition) is 6. The van der Waals surface area contributed by atoms with Gasteiger partial charge in [-0.2, -0.15) is 13.2 Å². The lowest BCUT2D eigenvalue weighted by Crippen LogP contribution is -2.14. The Labute approximate surface area is 121 Å². The number of hydrogen-bond donors (Lipinski definition) is 2. The second kappa shape index (κ2) is 6.12. The van der Waals surface area contributed by atoms with E-state index in [-0.39, 0.29) is 16.0 Å². The minimum Gasteiger partial charge on any atom is -0.370 e. The minimum atomic E-state index is -4.65. The van der Waals surface area contributed by atoms with Gasteiger partial charge in [0.15, 0.2) is 5.16 Å². The van der Waals surface area contributed by atoms with Gasteiger partial charge in [-0.25, -0.2) is 15.0 Å². The maximum Gasteiger partial charge on any atom is 0.451 e. The molecule has 0 aliphatic rings. The molecule has 2 aromatic rings. The third-order valence-electron chi connectivity index (χ3n) is 2.16. The van der Waals surface area contributed by atoms with Crippen molar-refractivity contribution in [1.29, 1.82) is 0 Å². The van der Waals surface area contributed by atoms with Crippen LogP contribution in [0.2, 0.25) is 0 Å². The maximum absolute atomic E-state index is 12.8. The highest BCUT2D eigenvalue weighted by molar-refractivity contribution is 7.99. The Kier molecular flexibility index (Phi) is 4.46. The van der Waals surface area contributed by atoms with Crippen LogP contribution in [0.5, 0.6) is 0 Å². The topological polar surface area (TPSA) is 83.6 Å². The molecule has 10 heteroatoms. The van der Waals surface area contributed by atoms with Crippen molar-refractivity contribution in [2.24, 2.45) is 0 Å². The molecule has 0 spiro atoms. The van der Waals surface area contributed by atoms with Crippen molar-refractivity contribution in [2.45, 2.75) is 23.3 Å². The fourth-order valence-corrected chi connectivity index (χ4v) is 2.14. The molecular formula is C11H10F3N5OS. The Morgan fingerprint density at radius 3 is 2.76 bits per heavy atom. The third-order valence-corrected chi connectivity index (χ3v) is 2.98. The standard InChI is InChI=1S/C11H10F3N5OS/c1-2-15-6-5-8(19-9(17-6)11(12,13)14)21-10-16-4-3-7(20)18-10/h3-5H,2H2,1H3,(H,15,17,19)(H,16,18,20). The Bertz CT molecular complexity index is 688. The van der Waals surface area contributed by atoms with Gasteiger partial charge < -0.3 is 10.3 Å². The molecule has 6 nitrogen and oxygen atoms in total. The predicted octanol–water partition coefficient (Wildman–Crippen LogP) is 2.16. The van der Waals surface area contributed by atoms with Gasteiger partial charge in [0, 0.05) is 24.9 Å². The summed E-state index contributed by atoms with van der Waals surface area (Å²) in [6.07, 6.45) is -3.39. The van der Waals surface area contributed by atoms with Crippen molar-refractivity contribution in [1.82, 2.24) is 19.9 Å². The fraction of sp³-hybridized carbons (Fsp3) is 0.273. The summed E-state index contributed by atoms with van der Waals surface area (Å²) in [6.45, 7) is 2.15. The van der Waals surface area contributed by atoms with Gasteiger partial charge in [-0.05, 0) is 18.7 Å². The predicted molar refractivity (Wildman–Crippen MR) is 70.2 cm³/mol. The zero-order valence-electron chi connectivity index (χ0n) is 10.7. The van der Waals surface area contributed by atoms with E-state index in [1.165, 1.54) is 18.3 Å². The number of anilines is 1. The van der Waals surface area contributed by atoms with E-state index in [0.717, 1.165) is 11.8 Å². The Morgan fingerprint density at radius 2 is 2.14 bits per heavy atom. The van der Waals surface area contributed by atoms with E-state index in [1.807, 2.05) is 0 Å². The average molecular weight is 317 g/mol. The van der Waals surface area contributed by atoms with Gasteiger partial charge in [0.25, 0.3) is 5.56 Å². The van der Waals surface area contributed by atoms with Gasteiger partial charge in [0.2, 0.25) is 5.82 Å². The number of aromatic amines is 1. The van der Waals surface area contributed by atoms with Gasteiger partial charge in [-0.15, -0.1) is 0 Å². The van der Waals surface area contributed by atoms with Crippen molar-refractivity contribution >= 4 is 17.6 Å². The molecule has 21 heavy (non-hydrogen) atoms. The fourth-order valence-electron chi connectivity index (χ4n) is 1.38. The first-order valence-electron chi connectivity index (χ1n) is 5.82. The molecule has 2 aromatic heterocycles. The summed E-state index contributed by atoms with van der Waals surface area (Å²) >= 11 is 0.814. The summed E-state index contributed by atoms with van der Waals surface area (Å²) < 4.78 is 38.3. The van der Waals surface area contributed by atoms with Crippen LogP contribution in [0, 0.1) is 0 Å². The highest BCUT2D eigenvalue weighted by Crippen LogP contribution is 2.30. The molecule has 112 valence electrons.